The van der Waals surface area contributed by atoms with E-state index in [4.69, 9.17) is 0 Å². The van der Waals surface area contributed by atoms with Gasteiger partial charge in [0.15, 0.2) is 0 Å². The van der Waals surface area contributed by atoms with E-state index in [2.05, 4.69) is 49.0 Å². The average molecular weight is 263 g/mol. The molecule has 0 fully saturated rings. The highest BCUT2D eigenvalue weighted by atomic mass is 15.2. The Hall–Kier alpha value is -1.09. The lowest BCUT2D eigenvalue weighted by Gasteiger charge is -2.27. The van der Waals surface area contributed by atoms with Crippen LogP contribution in [0.5, 0.6) is 0 Å². The molecule has 0 aromatic carbocycles. The monoisotopic (exact) mass is 263 g/mol. The number of nitrogens with one attached hydrogen (secondary N) is 1. The Bertz CT molecular complexity index is 352. The Labute approximate surface area is 118 Å². The molecule has 0 bridgehead atoms. The van der Waals surface area contributed by atoms with Crippen molar-refractivity contribution in [3.63, 3.8) is 0 Å². The van der Waals surface area contributed by atoms with E-state index in [0.717, 1.165) is 32.0 Å². The average Bonchev–Trinajstić information content (AvgIpc) is 2.45. The van der Waals surface area contributed by atoms with Crippen molar-refractivity contribution in [1.29, 1.82) is 0 Å². The molecule has 0 aliphatic carbocycles. The molecule has 1 aromatic heterocycles. The molecule has 108 valence electrons. The third kappa shape index (κ3) is 5.19. The summed E-state index contributed by atoms with van der Waals surface area (Å²) >= 11 is 0. The van der Waals surface area contributed by atoms with Crippen molar-refractivity contribution in [1.82, 2.24) is 10.3 Å². The van der Waals surface area contributed by atoms with Crippen LogP contribution in [0.3, 0.4) is 0 Å². The van der Waals surface area contributed by atoms with Crippen LogP contribution in [0.2, 0.25) is 0 Å². The third-order valence-corrected chi connectivity index (χ3v) is 3.52. The Morgan fingerprint density at radius 3 is 2.74 bits per heavy atom. The number of hydrogen-bond donors (Lipinski definition) is 1. The second-order valence-corrected chi connectivity index (χ2v) is 5.21. The minimum atomic E-state index is 0.707. The van der Waals surface area contributed by atoms with E-state index in [0.29, 0.717) is 5.92 Å². The number of hydrogen-bond acceptors (Lipinski definition) is 3. The number of pyridine rings is 1. The van der Waals surface area contributed by atoms with Crippen LogP contribution in [-0.4, -0.2) is 24.6 Å². The molecule has 0 saturated carbocycles. The summed E-state index contributed by atoms with van der Waals surface area (Å²) in [4.78, 5) is 7.00. The van der Waals surface area contributed by atoms with E-state index in [1.54, 1.807) is 0 Å². The molecule has 0 amide bonds. The predicted molar refractivity (Wildman–Crippen MR) is 83.6 cm³/mol. The minimum absolute atomic E-state index is 0.707. The molecule has 3 nitrogen and oxygen atoms in total. The molecule has 1 atom stereocenters. The van der Waals surface area contributed by atoms with Crippen molar-refractivity contribution in [3.05, 3.63) is 23.9 Å². The zero-order chi connectivity index (χ0) is 14.1. The number of anilines is 1. The molecule has 1 rings (SSSR count). The third-order valence-electron chi connectivity index (χ3n) is 3.52. The summed E-state index contributed by atoms with van der Waals surface area (Å²) in [6.45, 7) is 13.0. The van der Waals surface area contributed by atoms with Crippen molar-refractivity contribution >= 4 is 5.82 Å². The second kappa shape index (κ2) is 8.92. The van der Waals surface area contributed by atoms with E-state index in [-0.39, 0.29) is 0 Å². The topological polar surface area (TPSA) is 28.2 Å². The normalized spacial score (nSPS) is 12.4. The minimum Gasteiger partial charge on any atom is -0.356 e. The molecule has 1 aromatic rings. The highest BCUT2D eigenvalue weighted by Gasteiger charge is 2.13. The summed E-state index contributed by atoms with van der Waals surface area (Å²) < 4.78 is 0. The maximum absolute atomic E-state index is 4.60. The highest BCUT2D eigenvalue weighted by Crippen LogP contribution is 2.19. The van der Waals surface area contributed by atoms with Gasteiger partial charge in [-0.25, -0.2) is 4.98 Å². The van der Waals surface area contributed by atoms with Crippen LogP contribution in [0, 0.1) is 5.92 Å². The molecule has 3 heteroatoms. The molecule has 1 unspecified atom stereocenters. The van der Waals surface area contributed by atoms with Gasteiger partial charge >= 0.3 is 0 Å². The first-order valence-corrected chi connectivity index (χ1v) is 7.62. The van der Waals surface area contributed by atoms with Crippen LogP contribution < -0.4 is 10.2 Å². The van der Waals surface area contributed by atoms with Gasteiger partial charge in [-0.3, -0.25) is 0 Å². The quantitative estimate of drug-likeness (QED) is 0.692. The zero-order valence-corrected chi connectivity index (χ0v) is 12.9. The van der Waals surface area contributed by atoms with Crippen molar-refractivity contribution in [2.75, 3.05) is 24.5 Å². The van der Waals surface area contributed by atoms with Gasteiger partial charge in [-0.1, -0.05) is 33.3 Å². The van der Waals surface area contributed by atoms with Gasteiger partial charge in [0.2, 0.25) is 0 Å². The molecule has 1 N–H and O–H groups in total. The van der Waals surface area contributed by atoms with E-state index >= 15 is 0 Å². The van der Waals surface area contributed by atoms with Crippen LogP contribution in [0.15, 0.2) is 18.3 Å². The molecule has 1 heterocycles. The molecule has 0 aliphatic heterocycles. The van der Waals surface area contributed by atoms with Crippen molar-refractivity contribution in [2.45, 2.75) is 47.1 Å². The molecular weight excluding hydrogens is 234 g/mol. The van der Waals surface area contributed by atoms with Gasteiger partial charge in [0, 0.05) is 31.4 Å². The van der Waals surface area contributed by atoms with Crippen molar-refractivity contribution in [2.24, 2.45) is 5.92 Å². The fraction of sp³-hybridized carbons (Fsp3) is 0.688. The predicted octanol–water partition coefficient (Wildman–Crippen LogP) is 3.45. The molecule has 0 saturated heterocycles. The van der Waals surface area contributed by atoms with E-state index in [9.17, 15) is 0 Å². The fourth-order valence-electron chi connectivity index (χ4n) is 2.12. The van der Waals surface area contributed by atoms with Crippen LogP contribution in [0.25, 0.3) is 0 Å². The number of rotatable bonds is 9. The molecule has 0 radical (unpaired) electrons. The summed E-state index contributed by atoms with van der Waals surface area (Å²) in [6, 6.07) is 4.22. The van der Waals surface area contributed by atoms with E-state index in [1.165, 1.54) is 18.4 Å². The Balaban J connectivity index is 2.77. The maximum Gasteiger partial charge on any atom is 0.133 e. The first-order chi connectivity index (χ1) is 9.22. The van der Waals surface area contributed by atoms with Crippen LogP contribution in [0.4, 0.5) is 5.82 Å². The summed E-state index contributed by atoms with van der Waals surface area (Å²) in [5.74, 6) is 1.85. The van der Waals surface area contributed by atoms with E-state index in [1.807, 2.05) is 12.3 Å². The summed E-state index contributed by atoms with van der Waals surface area (Å²) in [5, 5.41) is 3.47. The molecular formula is C16H29N3. The van der Waals surface area contributed by atoms with Gasteiger partial charge in [0.25, 0.3) is 0 Å². The lowest BCUT2D eigenvalue weighted by molar-refractivity contribution is 0.543. The first kappa shape index (κ1) is 16.0. The van der Waals surface area contributed by atoms with Crippen molar-refractivity contribution < 1.29 is 0 Å². The smallest absolute Gasteiger partial charge is 0.133 e. The summed E-state index contributed by atoms with van der Waals surface area (Å²) in [7, 11) is 0. The lowest BCUT2D eigenvalue weighted by atomic mass is 10.1. The Morgan fingerprint density at radius 2 is 2.11 bits per heavy atom. The zero-order valence-electron chi connectivity index (χ0n) is 12.9. The SMILES string of the molecule is CCCNCc1cccnc1N(CC)CC(C)CC. The van der Waals surface area contributed by atoms with Crippen molar-refractivity contribution in [3.8, 4) is 0 Å². The maximum atomic E-state index is 4.60. The van der Waals surface area contributed by atoms with Gasteiger partial charge in [-0.05, 0) is 31.9 Å². The first-order valence-electron chi connectivity index (χ1n) is 7.62. The lowest BCUT2D eigenvalue weighted by Crippen LogP contribution is -2.30. The Morgan fingerprint density at radius 1 is 1.32 bits per heavy atom. The van der Waals surface area contributed by atoms with Gasteiger partial charge in [0.05, 0.1) is 0 Å². The van der Waals surface area contributed by atoms with E-state index < -0.39 is 0 Å². The molecule has 0 spiro atoms. The van der Waals surface area contributed by atoms with Crippen LogP contribution in [0.1, 0.15) is 46.1 Å². The fourth-order valence-corrected chi connectivity index (χ4v) is 2.12. The van der Waals surface area contributed by atoms with Gasteiger partial charge < -0.3 is 10.2 Å². The van der Waals surface area contributed by atoms with Crippen LogP contribution in [-0.2, 0) is 6.54 Å². The number of aromatic nitrogens is 1. The highest BCUT2D eigenvalue weighted by molar-refractivity contribution is 5.46. The standard InChI is InChI=1S/C16H29N3/c1-5-10-17-12-15-9-8-11-18-16(15)19(7-3)13-14(4)6-2/h8-9,11,14,17H,5-7,10,12-13H2,1-4H3. The van der Waals surface area contributed by atoms with Gasteiger partial charge in [-0.15, -0.1) is 0 Å². The summed E-state index contributed by atoms with van der Waals surface area (Å²) in [6.07, 6.45) is 4.28. The molecule has 19 heavy (non-hydrogen) atoms. The van der Waals surface area contributed by atoms with Gasteiger partial charge in [0.1, 0.15) is 5.82 Å². The summed E-state index contributed by atoms with van der Waals surface area (Å²) in [5.41, 5.74) is 1.31. The second-order valence-electron chi connectivity index (χ2n) is 5.21. The molecule has 0 aliphatic rings. The largest absolute Gasteiger partial charge is 0.356 e. The Kier molecular flexibility index (Phi) is 7.49. The van der Waals surface area contributed by atoms with Gasteiger partial charge in [-0.2, -0.15) is 0 Å². The van der Waals surface area contributed by atoms with Crippen LogP contribution >= 0.6 is 0 Å². The number of nitrogens with zero attached hydrogens (tertiary/aromatic N) is 2.